The van der Waals surface area contributed by atoms with Gasteiger partial charge in [-0.15, -0.1) is 0 Å². The number of fused-ring (bicyclic) bond motifs is 1. The minimum Gasteiger partial charge on any atom is -0.496 e. The maximum absolute atomic E-state index is 13.0. The van der Waals surface area contributed by atoms with Gasteiger partial charge < -0.3 is 14.8 Å². The van der Waals surface area contributed by atoms with E-state index in [2.05, 4.69) is 36.5 Å². The summed E-state index contributed by atoms with van der Waals surface area (Å²) in [6.45, 7) is 4.09. The minimum atomic E-state index is -0.167. The number of ether oxygens (including phenoxy) is 2. The van der Waals surface area contributed by atoms with Crippen molar-refractivity contribution in [3.63, 3.8) is 0 Å². The van der Waals surface area contributed by atoms with Gasteiger partial charge in [0.15, 0.2) is 0 Å². The average Bonchev–Trinajstić information content (AvgIpc) is 2.77. The molecule has 0 bridgehead atoms. The van der Waals surface area contributed by atoms with Crippen LogP contribution in [0.5, 0.6) is 5.75 Å². The third-order valence-electron chi connectivity index (χ3n) is 6.57. The van der Waals surface area contributed by atoms with Crippen molar-refractivity contribution >= 4 is 5.91 Å². The second-order valence-electron chi connectivity index (χ2n) is 8.47. The molecule has 2 aliphatic rings. The fourth-order valence-corrected chi connectivity index (χ4v) is 4.77. The van der Waals surface area contributed by atoms with Gasteiger partial charge in [0.25, 0.3) is 5.91 Å². The van der Waals surface area contributed by atoms with Crippen molar-refractivity contribution in [2.24, 2.45) is 0 Å². The van der Waals surface area contributed by atoms with E-state index in [1.807, 2.05) is 12.1 Å². The van der Waals surface area contributed by atoms with Crippen LogP contribution in [0, 0.1) is 6.92 Å². The first kappa shape index (κ1) is 20.0. The Morgan fingerprint density at radius 2 is 1.83 bits per heavy atom. The molecule has 1 fully saturated rings. The van der Waals surface area contributed by atoms with E-state index >= 15 is 0 Å². The zero-order valence-corrected chi connectivity index (χ0v) is 17.6. The van der Waals surface area contributed by atoms with E-state index < -0.39 is 0 Å². The molecule has 0 atom stereocenters. The Morgan fingerprint density at radius 1 is 1.07 bits per heavy atom. The number of aryl methyl sites for hydroxylation is 3. The van der Waals surface area contributed by atoms with Crippen LogP contribution in [0.1, 0.15) is 58.3 Å². The van der Waals surface area contributed by atoms with Crippen LogP contribution >= 0.6 is 0 Å². The quantitative estimate of drug-likeness (QED) is 0.821. The lowest BCUT2D eigenvalue weighted by molar-refractivity contribution is 0.0479. The standard InChI is InChI=1S/C25H31NO3/c1-18-7-10-23(28-2)22(15-18)25(11-13-29-14-12-25)17-26-24(27)21-9-8-19-5-3-4-6-20(19)16-21/h7-10,15-16H,3-6,11-14,17H2,1-2H3,(H,26,27). The van der Waals surface area contributed by atoms with Crippen LogP contribution < -0.4 is 10.1 Å². The normalized spacial score (nSPS) is 18.0. The highest BCUT2D eigenvalue weighted by Crippen LogP contribution is 2.40. The first-order valence-electron chi connectivity index (χ1n) is 10.7. The Bertz CT molecular complexity index is 884. The van der Waals surface area contributed by atoms with Crippen molar-refractivity contribution in [2.75, 3.05) is 26.9 Å². The Kier molecular flexibility index (Phi) is 5.91. The number of hydrogen-bond donors (Lipinski definition) is 1. The number of amides is 1. The van der Waals surface area contributed by atoms with Crippen LogP contribution in [-0.2, 0) is 23.0 Å². The summed E-state index contributed by atoms with van der Waals surface area (Å²) >= 11 is 0. The van der Waals surface area contributed by atoms with Crippen LogP contribution in [0.15, 0.2) is 36.4 Å². The molecule has 1 heterocycles. The maximum Gasteiger partial charge on any atom is 0.251 e. The third-order valence-corrected chi connectivity index (χ3v) is 6.57. The summed E-state index contributed by atoms with van der Waals surface area (Å²) < 4.78 is 11.3. The summed E-state index contributed by atoms with van der Waals surface area (Å²) in [5, 5.41) is 3.24. The SMILES string of the molecule is COc1ccc(C)cc1C1(CNC(=O)c2ccc3c(c2)CCCC3)CCOCC1. The number of carbonyl (C=O) groups excluding carboxylic acids is 1. The first-order valence-corrected chi connectivity index (χ1v) is 10.7. The number of hydrogen-bond acceptors (Lipinski definition) is 3. The molecule has 4 heteroatoms. The predicted octanol–water partition coefficient (Wildman–Crippen LogP) is 4.36. The Morgan fingerprint density at radius 3 is 2.59 bits per heavy atom. The fraction of sp³-hybridized carbons (Fsp3) is 0.480. The van der Waals surface area contributed by atoms with E-state index in [4.69, 9.17) is 9.47 Å². The van der Waals surface area contributed by atoms with Gasteiger partial charge in [0.2, 0.25) is 0 Å². The van der Waals surface area contributed by atoms with E-state index in [1.54, 1.807) is 7.11 Å². The smallest absolute Gasteiger partial charge is 0.251 e. The summed E-state index contributed by atoms with van der Waals surface area (Å²) in [6.07, 6.45) is 6.43. The molecule has 1 aliphatic heterocycles. The van der Waals surface area contributed by atoms with Gasteiger partial charge in [-0.3, -0.25) is 4.79 Å². The van der Waals surface area contributed by atoms with Crippen LogP contribution in [0.4, 0.5) is 0 Å². The first-order chi connectivity index (χ1) is 14.1. The lowest BCUT2D eigenvalue weighted by atomic mass is 9.73. The zero-order chi connectivity index (χ0) is 20.3. The number of rotatable bonds is 5. The molecule has 0 radical (unpaired) electrons. The number of benzene rings is 2. The molecule has 29 heavy (non-hydrogen) atoms. The summed E-state index contributed by atoms with van der Waals surface area (Å²) in [7, 11) is 1.72. The highest BCUT2D eigenvalue weighted by atomic mass is 16.5. The fourth-order valence-electron chi connectivity index (χ4n) is 4.77. The third kappa shape index (κ3) is 4.18. The van der Waals surface area contributed by atoms with Crippen LogP contribution in [0.25, 0.3) is 0 Å². The molecule has 0 unspecified atom stereocenters. The van der Waals surface area contributed by atoms with Crippen molar-refractivity contribution < 1.29 is 14.3 Å². The van der Waals surface area contributed by atoms with Crippen molar-refractivity contribution in [3.8, 4) is 5.75 Å². The van der Waals surface area contributed by atoms with Crippen LogP contribution in [0.2, 0.25) is 0 Å². The number of nitrogens with one attached hydrogen (secondary N) is 1. The van der Waals surface area contributed by atoms with Gasteiger partial charge in [-0.2, -0.15) is 0 Å². The average molecular weight is 394 g/mol. The summed E-state index contributed by atoms with van der Waals surface area (Å²) in [4.78, 5) is 13.0. The molecule has 2 aromatic carbocycles. The lowest BCUT2D eigenvalue weighted by Crippen LogP contribution is -2.45. The van der Waals surface area contributed by atoms with Crippen LogP contribution in [0.3, 0.4) is 0 Å². The van der Waals surface area contributed by atoms with Gasteiger partial charge in [-0.05, 0) is 74.8 Å². The zero-order valence-electron chi connectivity index (χ0n) is 17.6. The van der Waals surface area contributed by atoms with Crippen LogP contribution in [-0.4, -0.2) is 32.8 Å². The monoisotopic (exact) mass is 393 g/mol. The van der Waals surface area contributed by atoms with Gasteiger partial charge in [-0.1, -0.05) is 23.8 Å². The molecular formula is C25H31NO3. The van der Waals surface area contributed by atoms with E-state index in [1.165, 1.54) is 35.1 Å². The van der Waals surface area contributed by atoms with Gasteiger partial charge in [-0.25, -0.2) is 0 Å². The Hall–Kier alpha value is -2.33. The van der Waals surface area contributed by atoms with E-state index in [-0.39, 0.29) is 11.3 Å². The lowest BCUT2D eigenvalue weighted by Gasteiger charge is -2.39. The molecule has 154 valence electrons. The van der Waals surface area contributed by atoms with E-state index in [9.17, 15) is 4.79 Å². The van der Waals surface area contributed by atoms with Crippen molar-refractivity contribution in [1.29, 1.82) is 0 Å². The highest BCUT2D eigenvalue weighted by molar-refractivity contribution is 5.94. The largest absolute Gasteiger partial charge is 0.496 e. The van der Waals surface area contributed by atoms with Gasteiger partial charge in [0, 0.05) is 36.3 Å². The number of carbonyl (C=O) groups is 1. The predicted molar refractivity (Wildman–Crippen MR) is 115 cm³/mol. The molecule has 0 spiro atoms. The summed E-state index contributed by atoms with van der Waals surface area (Å²) in [5.74, 6) is 0.899. The van der Waals surface area contributed by atoms with Gasteiger partial charge in [0.05, 0.1) is 7.11 Å². The van der Waals surface area contributed by atoms with Crippen molar-refractivity contribution in [2.45, 2.75) is 50.9 Å². The maximum atomic E-state index is 13.0. The molecule has 0 aromatic heterocycles. The molecule has 1 aliphatic carbocycles. The van der Waals surface area contributed by atoms with Crippen molar-refractivity contribution in [3.05, 3.63) is 64.2 Å². The molecule has 4 rings (SSSR count). The molecule has 1 amide bonds. The topological polar surface area (TPSA) is 47.6 Å². The Balaban J connectivity index is 1.56. The summed E-state index contributed by atoms with van der Waals surface area (Å²) in [6, 6.07) is 12.5. The van der Waals surface area contributed by atoms with Gasteiger partial charge in [0.1, 0.15) is 5.75 Å². The molecular weight excluding hydrogens is 362 g/mol. The molecule has 1 saturated heterocycles. The molecule has 1 N–H and O–H groups in total. The van der Waals surface area contributed by atoms with E-state index in [0.29, 0.717) is 19.8 Å². The minimum absolute atomic E-state index is 0.0101. The Labute approximate surface area is 173 Å². The molecule has 0 saturated carbocycles. The second kappa shape index (κ2) is 8.58. The van der Waals surface area contributed by atoms with Crippen molar-refractivity contribution in [1.82, 2.24) is 5.32 Å². The number of methoxy groups -OCH3 is 1. The summed E-state index contributed by atoms with van der Waals surface area (Å²) in [5.41, 5.74) is 5.72. The highest BCUT2D eigenvalue weighted by Gasteiger charge is 2.37. The van der Waals surface area contributed by atoms with Gasteiger partial charge >= 0.3 is 0 Å². The second-order valence-corrected chi connectivity index (χ2v) is 8.47. The van der Waals surface area contributed by atoms with E-state index in [0.717, 1.165) is 37.0 Å². The molecule has 4 nitrogen and oxygen atoms in total. The molecule has 2 aromatic rings.